The van der Waals surface area contributed by atoms with E-state index in [-0.39, 0.29) is 5.75 Å². The highest BCUT2D eigenvalue weighted by Gasteiger charge is 2.03. The van der Waals surface area contributed by atoms with Gasteiger partial charge in [-0.2, -0.15) is 15.0 Å². The molecule has 20 heavy (non-hydrogen) atoms. The van der Waals surface area contributed by atoms with Gasteiger partial charge in [0.15, 0.2) is 0 Å². The highest BCUT2D eigenvalue weighted by Crippen LogP contribution is 2.03. The molecule has 0 saturated heterocycles. The molecular formula is C12H17N5O2S. The van der Waals surface area contributed by atoms with Gasteiger partial charge in [-0.1, -0.05) is 18.2 Å². The summed E-state index contributed by atoms with van der Waals surface area (Å²) in [6.07, 6.45) is 2.16. The minimum absolute atomic E-state index is 0.0172. The quantitative estimate of drug-likeness (QED) is 0.702. The van der Waals surface area contributed by atoms with Crippen LogP contribution in [0.4, 0.5) is 0 Å². The Balaban J connectivity index is 1.79. The lowest BCUT2D eigenvalue weighted by atomic mass is 10.3. The molecule has 2 aromatic rings. The van der Waals surface area contributed by atoms with E-state index in [1.165, 1.54) is 0 Å². The number of sulfonamides is 1. The summed E-state index contributed by atoms with van der Waals surface area (Å²) in [6.45, 7) is 1.10. The molecule has 0 radical (unpaired) electrons. The van der Waals surface area contributed by atoms with E-state index in [2.05, 4.69) is 15.5 Å². The number of nitrogens with zero attached hydrogens (tertiary/aromatic N) is 3. The first-order valence-corrected chi connectivity index (χ1v) is 7.94. The van der Waals surface area contributed by atoms with Crippen LogP contribution in [0.3, 0.4) is 0 Å². The minimum Gasteiger partial charge on any atom is -0.311 e. The number of aromatic nitrogens is 3. The van der Waals surface area contributed by atoms with Crippen LogP contribution in [0.15, 0.2) is 36.5 Å². The molecule has 0 amide bonds. The van der Waals surface area contributed by atoms with Crippen molar-refractivity contribution >= 4 is 10.0 Å². The molecule has 1 aromatic heterocycles. The SMILES string of the molecule is NS(=O)(=O)CCCNCc1cnn(-c2ccccc2)n1. The first kappa shape index (κ1) is 14.6. The average molecular weight is 295 g/mol. The van der Waals surface area contributed by atoms with Crippen molar-refractivity contribution in [3.05, 3.63) is 42.2 Å². The van der Waals surface area contributed by atoms with Crippen molar-refractivity contribution < 1.29 is 8.42 Å². The van der Waals surface area contributed by atoms with Crippen LogP contribution in [-0.2, 0) is 16.6 Å². The summed E-state index contributed by atoms with van der Waals surface area (Å²) in [5, 5.41) is 16.5. The van der Waals surface area contributed by atoms with Crippen LogP contribution in [0, 0.1) is 0 Å². The van der Waals surface area contributed by atoms with Crippen molar-refractivity contribution in [2.45, 2.75) is 13.0 Å². The predicted molar refractivity (Wildman–Crippen MR) is 75.7 cm³/mol. The fourth-order valence-electron chi connectivity index (χ4n) is 1.68. The summed E-state index contributed by atoms with van der Waals surface area (Å²) in [5.41, 5.74) is 1.69. The number of nitrogens with two attached hydrogens (primary N) is 1. The lowest BCUT2D eigenvalue weighted by Gasteiger charge is -2.01. The molecule has 7 nitrogen and oxygen atoms in total. The van der Waals surface area contributed by atoms with Crippen LogP contribution < -0.4 is 10.5 Å². The van der Waals surface area contributed by atoms with E-state index >= 15 is 0 Å². The summed E-state index contributed by atoms with van der Waals surface area (Å²) in [7, 11) is -3.37. The molecule has 3 N–H and O–H groups in total. The summed E-state index contributed by atoms with van der Waals surface area (Å²) in [4.78, 5) is 1.56. The molecule has 0 spiro atoms. The molecule has 8 heteroatoms. The maximum Gasteiger partial charge on any atom is 0.209 e. The van der Waals surface area contributed by atoms with Crippen LogP contribution in [0.5, 0.6) is 0 Å². The molecule has 0 atom stereocenters. The molecular weight excluding hydrogens is 278 g/mol. The van der Waals surface area contributed by atoms with Crippen LogP contribution in [0.2, 0.25) is 0 Å². The van der Waals surface area contributed by atoms with Crippen LogP contribution in [-0.4, -0.2) is 35.7 Å². The zero-order valence-electron chi connectivity index (χ0n) is 10.9. The van der Waals surface area contributed by atoms with Gasteiger partial charge in [0, 0.05) is 6.54 Å². The maximum atomic E-state index is 10.7. The monoisotopic (exact) mass is 295 g/mol. The number of rotatable bonds is 7. The summed E-state index contributed by atoms with van der Waals surface area (Å²) >= 11 is 0. The Hall–Kier alpha value is -1.77. The van der Waals surface area contributed by atoms with Crippen molar-refractivity contribution in [2.75, 3.05) is 12.3 Å². The molecule has 108 valence electrons. The molecule has 0 aliphatic heterocycles. The standard InChI is InChI=1S/C12H17N5O2S/c13-20(18,19)8-4-7-14-9-11-10-15-17(16-11)12-5-2-1-3-6-12/h1-3,5-6,10,14H,4,7-9H2,(H2,13,18,19). The number of primary sulfonamides is 1. The Kier molecular flexibility index (Phi) is 4.83. The minimum atomic E-state index is -3.37. The molecule has 0 fully saturated rings. The molecule has 0 aliphatic rings. The smallest absolute Gasteiger partial charge is 0.209 e. The second kappa shape index (κ2) is 6.60. The summed E-state index contributed by atoms with van der Waals surface area (Å²) in [5.74, 6) is -0.0172. The van der Waals surface area contributed by atoms with Gasteiger partial charge in [0.05, 0.1) is 23.3 Å². The largest absolute Gasteiger partial charge is 0.311 e. The normalized spacial score (nSPS) is 11.7. The van der Waals surface area contributed by atoms with Gasteiger partial charge in [0.2, 0.25) is 10.0 Å². The Labute approximate surface area is 117 Å². The van der Waals surface area contributed by atoms with E-state index in [1.807, 2.05) is 30.3 Å². The number of hydrogen-bond donors (Lipinski definition) is 2. The van der Waals surface area contributed by atoms with E-state index in [0.29, 0.717) is 19.5 Å². The fraction of sp³-hybridized carbons (Fsp3) is 0.333. The number of nitrogens with one attached hydrogen (secondary N) is 1. The van der Waals surface area contributed by atoms with Crippen LogP contribution >= 0.6 is 0 Å². The number of para-hydroxylation sites is 1. The Morgan fingerprint density at radius 1 is 1.25 bits per heavy atom. The van der Waals surface area contributed by atoms with Gasteiger partial charge < -0.3 is 5.32 Å². The second-order valence-corrected chi connectivity index (χ2v) is 6.09. The first-order chi connectivity index (χ1) is 9.54. The number of benzene rings is 1. The number of hydrogen-bond acceptors (Lipinski definition) is 5. The Morgan fingerprint density at radius 3 is 2.70 bits per heavy atom. The fourth-order valence-corrected chi connectivity index (χ4v) is 2.22. The zero-order valence-corrected chi connectivity index (χ0v) is 11.8. The lowest BCUT2D eigenvalue weighted by Crippen LogP contribution is -2.22. The zero-order chi connectivity index (χ0) is 14.4. The summed E-state index contributed by atoms with van der Waals surface area (Å²) < 4.78 is 21.5. The van der Waals surface area contributed by atoms with Crippen molar-refractivity contribution in [1.29, 1.82) is 0 Å². The van der Waals surface area contributed by atoms with Crippen molar-refractivity contribution in [3.63, 3.8) is 0 Å². The molecule has 1 aromatic carbocycles. The molecule has 0 unspecified atom stereocenters. The Bertz CT molecular complexity index is 639. The maximum absolute atomic E-state index is 10.7. The van der Waals surface area contributed by atoms with Gasteiger partial charge in [0.1, 0.15) is 0 Å². The Morgan fingerprint density at radius 2 is 2.00 bits per heavy atom. The van der Waals surface area contributed by atoms with E-state index in [0.717, 1.165) is 11.4 Å². The van der Waals surface area contributed by atoms with Crippen molar-refractivity contribution in [3.8, 4) is 5.69 Å². The molecule has 0 saturated carbocycles. The van der Waals surface area contributed by atoms with E-state index in [9.17, 15) is 8.42 Å². The van der Waals surface area contributed by atoms with Gasteiger partial charge in [0.25, 0.3) is 0 Å². The van der Waals surface area contributed by atoms with E-state index < -0.39 is 10.0 Å². The molecule has 2 rings (SSSR count). The van der Waals surface area contributed by atoms with Crippen LogP contribution in [0.25, 0.3) is 5.69 Å². The third-order valence-electron chi connectivity index (χ3n) is 2.61. The highest BCUT2D eigenvalue weighted by atomic mass is 32.2. The van der Waals surface area contributed by atoms with Crippen LogP contribution in [0.1, 0.15) is 12.1 Å². The van der Waals surface area contributed by atoms with E-state index in [1.54, 1.807) is 11.0 Å². The molecule has 0 bridgehead atoms. The molecule has 0 aliphatic carbocycles. The second-order valence-electron chi connectivity index (χ2n) is 4.36. The van der Waals surface area contributed by atoms with Gasteiger partial charge >= 0.3 is 0 Å². The summed E-state index contributed by atoms with van der Waals surface area (Å²) in [6, 6.07) is 9.61. The third kappa shape index (κ3) is 4.72. The highest BCUT2D eigenvalue weighted by molar-refractivity contribution is 7.89. The van der Waals surface area contributed by atoms with E-state index in [4.69, 9.17) is 5.14 Å². The van der Waals surface area contributed by atoms with Gasteiger partial charge in [-0.3, -0.25) is 0 Å². The van der Waals surface area contributed by atoms with Crippen molar-refractivity contribution in [1.82, 2.24) is 20.3 Å². The van der Waals surface area contributed by atoms with Gasteiger partial charge in [-0.05, 0) is 25.1 Å². The van der Waals surface area contributed by atoms with Crippen molar-refractivity contribution in [2.24, 2.45) is 5.14 Å². The topological polar surface area (TPSA) is 103 Å². The average Bonchev–Trinajstić information content (AvgIpc) is 2.87. The van der Waals surface area contributed by atoms with Gasteiger partial charge in [-0.15, -0.1) is 0 Å². The first-order valence-electron chi connectivity index (χ1n) is 6.22. The van der Waals surface area contributed by atoms with Gasteiger partial charge in [-0.25, -0.2) is 13.6 Å². The predicted octanol–water partition coefficient (Wildman–Crippen LogP) is 0.0355. The molecule has 1 heterocycles. The third-order valence-corrected chi connectivity index (χ3v) is 3.47. The lowest BCUT2D eigenvalue weighted by molar-refractivity contribution is 0.589.